The molecule has 0 aliphatic heterocycles. The van der Waals surface area contributed by atoms with Crippen molar-refractivity contribution in [3.63, 3.8) is 0 Å². The first-order valence-corrected chi connectivity index (χ1v) is 4.23. The molecule has 1 rings (SSSR count). The molecule has 0 bridgehead atoms. The van der Waals surface area contributed by atoms with E-state index < -0.39 is 11.8 Å². The van der Waals surface area contributed by atoms with E-state index in [0.717, 1.165) is 6.07 Å². The number of carboxylic acids is 1. The Labute approximate surface area is 85.3 Å². The van der Waals surface area contributed by atoms with Gasteiger partial charge in [-0.3, -0.25) is 9.59 Å². The molecule has 0 aliphatic rings. The zero-order valence-electron chi connectivity index (χ0n) is 7.77. The number of carbonyl (C=O) groups is 2. The quantitative estimate of drug-likeness (QED) is 0.751. The third kappa shape index (κ3) is 3.38. The van der Waals surface area contributed by atoms with Gasteiger partial charge >= 0.3 is 5.97 Å². The Kier molecular flexibility index (Phi) is 3.79. The highest BCUT2D eigenvalue weighted by molar-refractivity contribution is 5.75. The molecule has 0 aliphatic carbocycles. The molecule has 0 spiro atoms. The fourth-order valence-electron chi connectivity index (χ4n) is 0.952. The first-order chi connectivity index (χ1) is 7.13. The van der Waals surface area contributed by atoms with Crippen molar-refractivity contribution in [2.24, 2.45) is 0 Å². The molecule has 1 aromatic carbocycles. The Bertz CT molecular complexity index is 376. The lowest BCUT2D eigenvalue weighted by atomic mass is 10.2. The van der Waals surface area contributed by atoms with Crippen LogP contribution in [0.15, 0.2) is 18.2 Å². The van der Waals surface area contributed by atoms with E-state index in [1.165, 1.54) is 12.1 Å². The van der Waals surface area contributed by atoms with Crippen LogP contribution in [0, 0.1) is 5.82 Å². The van der Waals surface area contributed by atoms with Crippen LogP contribution in [0.4, 0.5) is 4.39 Å². The minimum absolute atomic E-state index is 0.110. The average Bonchev–Trinajstić information content (AvgIpc) is 2.20. The molecule has 0 heterocycles. The molecule has 0 unspecified atom stereocenters. The molecule has 1 aromatic rings. The van der Waals surface area contributed by atoms with Crippen LogP contribution in [-0.2, 0) is 4.79 Å². The average molecular weight is 212 g/mol. The van der Waals surface area contributed by atoms with Gasteiger partial charge in [0.25, 0.3) is 0 Å². The fourth-order valence-corrected chi connectivity index (χ4v) is 0.952. The maximum absolute atomic E-state index is 13.0. The highest BCUT2D eigenvalue weighted by Crippen LogP contribution is 2.17. The molecular weight excluding hydrogens is 203 g/mol. The number of halogens is 1. The van der Waals surface area contributed by atoms with E-state index in [0.29, 0.717) is 6.29 Å². The van der Waals surface area contributed by atoms with Crippen molar-refractivity contribution in [2.45, 2.75) is 6.42 Å². The van der Waals surface area contributed by atoms with E-state index in [1.807, 2.05) is 0 Å². The third-order valence-corrected chi connectivity index (χ3v) is 1.66. The SMILES string of the molecule is O=Cc1ccc(F)c(OCCC(=O)O)c1. The number of benzene rings is 1. The van der Waals surface area contributed by atoms with Crippen molar-refractivity contribution >= 4 is 12.3 Å². The van der Waals surface area contributed by atoms with Crippen LogP contribution in [0.2, 0.25) is 0 Å². The first kappa shape index (κ1) is 11.2. The van der Waals surface area contributed by atoms with Gasteiger partial charge in [-0.2, -0.15) is 0 Å². The summed E-state index contributed by atoms with van der Waals surface area (Å²) < 4.78 is 17.9. The Balaban J connectivity index is 2.66. The highest BCUT2D eigenvalue weighted by Gasteiger charge is 2.05. The summed E-state index contributed by atoms with van der Waals surface area (Å²) in [4.78, 5) is 20.5. The summed E-state index contributed by atoms with van der Waals surface area (Å²) in [6, 6.07) is 3.64. The van der Waals surface area contributed by atoms with Crippen molar-refractivity contribution in [2.75, 3.05) is 6.61 Å². The van der Waals surface area contributed by atoms with Crippen LogP contribution < -0.4 is 4.74 Å². The molecule has 5 heteroatoms. The summed E-state index contributed by atoms with van der Waals surface area (Å²) in [7, 11) is 0. The number of carbonyl (C=O) groups excluding carboxylic acids is 1. The zero-order chi connectivity index (χ0) is 11.3. The van der Waals surface area contributed by atoms with Crippen molar-refractivity contribution in [1.82, 2.24) is 0 Å². The van der Waals surface area contributed by atoms with E-state index in [1.54, 1.807) is 0 Å². The molecule has 0 fully saturated rings. The van der Waals surface area contributed by atoms with E-state index >= 15 is 0 Å². The molecule has 0 saturated heterocycles. The smallest absolute Gasteiger partial charge is 0.306 e. The minimum atomic E-state index is -1.03. The lowest BCUT2D eigenvalue weighted by Crippen LogP contribution is -2.05. The minimum Gasteiger partial charge on any atom is -0.490 e. The molecule has 15 heavy (non-hydrogen) atoms. The molecular formula is C10H9FO4. The number of rotatable bonds is 5. The van der Waals surface area contributed by atoms with Gasteiger partial charge in [0.15, 0.2) is 11.6 Å². The van der Waals surface area contributed by atoms with E-state index in [4.69, 9.17) is 9.84 Å². The molecule has 4 nitrogen and oxygen atoms in total. The Morgan fingerprint density at radius 3 is 2.87 bits per heavy atom. The molecule has 80 valence electrons. The van der Waals surface area contributed by atoms with Crippen molar-refractivity contribution in [3.8, 4) is 5.75 Å². The standard InChI is InChI=1S/C10H9FO4/c11-8-2-1-7(6-12)5-9(8)15-4-3-10(13)14/h1-2,5-6H,3-4H2,(H,13,14). The summed E-state index contributed by atoms with van der Waals surface area (Å²) in [5, 5.41) is 8.33. The van der Waals surface area contributed by atoms with E-state index in [9.17, 15) is 14.0 Å². The molecule has 0 radical (unpaired) electrons. The maximum atomic E-state index is 13.0. The van der Waals surface area contributed by atoms with Crippen LogP contribution in [-0.4, -0.2) is 24.0 Å². The number of hydrogen-bond acceptors (Lipinski definition) is 3. The van der Waals surface area contributed by atoms with Crippen LogP contribution >= 0.6 is 0 Å². The summed E-state index contributed by atoms with van der Waals surface area (Å²) in [6.45, 7) is -0.130. The van der Waals surface area contributed by atoms with Gasteiger partial charge in [-0.05, 0) is 18.2 Å². The first-order valence-electron chi connectivity index (χ1n) is 4.23. The summed E-state index contributed by atoms with van der Waals surface area (Å²) in [5.41, 5.74) is 0.279. The van der Waals surface area contributed by atoms with E-state index in [-0.39, 0.29) is 24.3 Å². The number of ether oxygens (including phenoxy) is 1. The predicted molar refractivity (Wildman–Crippen MR) is 49.5 cm³/mol. The second-order valence-electron chi connectivity index (χ2n) is 2.80. The number of aliphatic carboxylic acids is 1. The third-order valence-electron chi connectivity index (χ3n) is 1.66. The normalized spacial score (nSPS) is 9.67. The molecule has 0 saturated carbocycles. The topological polar surface area (TPSA) is 63.6 Å². The van der Waals surface area contributed by atoms with Gasteiger partial charge in [0.1, 0.15) is 6.29 Å². The van der Waals surface area contributed by atoms with Gasteiger partial charge in [0, 0.05) is 5.56 Å². The Hall–Kier alpha value is -1.91. The largest absolute Gasteiger partial charge is 0.490 e. The van der Waals surface area contributed by atoms with Crippen LogP contribution in [0.3, 0.4) is 0 Å². The van der Waals surface area contributed by atoms with Gasteiger partial charge < -0.3 is 9.84 Å². The monoisotopic (exact) mass is 212 g/mol. The molecule has 0 amide bonds. The van der Waals surface area contributed by atoms with Crippen molar-refractivity contribution in [3.05, 3.63) is 29.6 Å². The Morgan fingerprint density at radius 1 is 1.53 bits per heavy atom. The lowest BCUT2D eigenvalue weighted by Gasteiger charge is -2.05. The van der Waals surface area contributed by atoms with Crippen LogP contribution in [0.25, 0.3) is 0 Å². The van der Waals surface area contributed by atoms with Gasteiger partial charge in [-0.25, -0.2) is 4.39 Å². The predicted octanol–water partition coefficient (Wildman–Crippen LogP) is 1.49. The summed E-state index contributed by atoms with van der Waals surface area (Å²) in [6.07, 6.45) is 0.342. The van der Waals surface area contributed by atoms with Gasteiger partial charge in [-0.1, -0.05) is 0 Å². The number of aldehydes is 1. The zero-order valence-corrected chi connectivity index (χ0v) is 7.77. The second-order valence-corrected chi connectivity index (χ2v) is 2.80. The van der Waals surface area contributed by atoms with Gasteiger partial charge in [-0.15, -0.1) is 0 Å². The van der Waals surface area contributed by atoms with Crippen LogP contribution in [0.5, 0.6) is 5.75 Å². The number of carboxylic acid groups (broad SMARTS) is 1. The number of hydrogen-bond donors (Lipinski definition) is 1. The fraction of sp³-hybridized carbons (Fsp3) is 0.200. The maximum Gasteiger partial charge on any atom is 0.306 e. The summed E-state index contributed by atoms with van der Waals surface area (Å²) in [5.74, 6) is -1.76. The second kappa shape index (κ2) is 5.09. The Morgan fingerprint density at radius 2 is 2.27 bits per heavy atom. The van der Waals surface area contributed by atoms with Gasteiger partial charge in [0.05, 0.1) is 13.0 Å². The van der Waals surface area contributed by atoms with E-state index in [2.05, 4.69) is 0 Å². The van der Waals surface area contributed by atoms with Gasteiger partial charge in [0.2, 0.25) is 0 Å². The highest BCUT2D eigenvalue weighted by atomic mass is 19.1. The lowest BCUT2D eigenvalue weighted by molar-refractivity contribution is -0.137. The molecule has 1 N–H and O–H groups in total. The molecule has 0 aromatic heterocycles. The summed E-state index contributed by atoms with van der Waals surface area (Å²) >= 11 is 0. The van der Waals surface area contributed by atoms with Crippen LogP contribution in [0.1, 0.15) is 16.8 Å². The molecule has 0 atom stereocenters. The van der Waals surface area contributed by atoms with Crippen molar-refractivity contribution < 1.29 is 23.8 Å². The van der Waals surface area contributed by atoms with Crippen molar-refractivity contribution in [1.29, 1.82) is 0 Å².